The second-order valence-corrected chi connectivity index (χ2v) is 3.14. The highest BCUT2D eigenvalue weighted by molar-refractivity contribution is 5.24. The van der Waals surface area contributed by atoms with E-state index >= 15 is 0 Å². The maximum atomic E-state index is 12.3. The zero-order valence-corrected chi connectivity index (χ0v) is 8.17. The predicted octanol–water partition coefficient (Wildman–Crippen LogP) is 3.20. The Bertz CT molecular complexity index is 274. The van der Waals surface area contributed by atoms with E-state index in [1.807, 2.05) is 6.07 Å². The first-order valence-corrected chi connectivity index (χ1v) is 4.60. The van der Waals surface area contributed by atoms with Crippen molar-refractivity contribution in [1.82, 2.24) is 0 Å². The van der Waals surface area contributed by atoms with Crippen LogP contribution in [0.5, 0.6) is 0 Å². The quantitative estimate of drug-likeness (QED) is 0.663. The standard InChI is InChI=1S/C11H14F2O/c1-14-7-3-5-9-4-2-6-10(8-9)11(12)13/h2,4,6,8,11H,3,5,7H2,1H3. The zero-order chi connectivity index (χ0) is 10.4. The summed E-state index contributed by atoms with van der Waals surface area (Å²) >= 11 is 0. The lowest BCUT2D eigenvalue weighted by Gasteiger charge is -2.04. The highest BCUT2D eigenvalue weighted by Gasteiger charge is 2.06. The van der Waals surface area contributed by atoms with Crippen LogP contribution in [0.15, 0.2) is 24.3 Å². The summed E-state index contributed by atoms with van der Waals surface area (Å²) in [6, 6.07) is 6.54. The van der Waals surface area contributed by atoms with Crippen molar-refractivity contribution >= 4 is 0 Å². The monoisotopic (exact) mass is 200 g/mol. The van der Waals surface area contributed by atoms with Crippen LogP contribution in [0.4, 0.5) is 8.78 Å². The minimum atomic E-state index is -2.38. The molecule has 0 aromatic heterocycles. The molecule has 0 saturated heterocycles. The number of methoxy groups -OCH3 is 1. The van der Waals surface area contributed by atoms with Crippen molar-refractivity contribution in [2.45, 2.75) is 19.3 Å². The molecular weight excluding hydrogens is 186 g/mol. The van der Waals surface area contributed by atoms with E-state index in [2.05, 4.69) is 0 Å². The summed E-state index contributed by atoms with van der Waals surface area (Å²) in [6.07, 6.45) is -0.727. The molecule has 3 heteroatoms. The second kappa shape index (κ2) is 5.70. The maximum absolute atomic E-state index is 12.3. The summed E-state index contributed by atoms with van der Waals surface area (Å²) in [5.41, 5.74) is 1.04. The highest BCUT2D eigenvalue weighted by atomic mass is 19.3. The zero-order valence-electron chi connectivity index (χ0n) is 8.17. The van der Waals surface area contributed by atoms with Crippen molar-refractivity contribution in [3.63, 3.8) is 0 Å². The van der Waals surface area contributed by atoms with Crippen LogP contribution in [0, 0.1) is 0 Å². The molecule has 0 amide bonds. The van der Waals surface area contributed by atoms with Gasteiger partial charge in [-0.2, -0.15) is 0 Å². The first-order valence-electron chi connectivity index (χ1n) is 4.60. The molecule has 0 heterocycles. The van der Waals surface area contributed by atoms with Crippen LogP contribution < -0.4 is 0 Å². The van der Waals surface area contributed by atoms with E-state index in [-0.39, 0.29) is 5.56 Å². The predicted molar refractivity (Wildman–Crippen MR) is 51.6 cm³/mol. The average Bonchev–Trinajstić information content (AvgIpc) is 2.19. The molecule has 1 aromatic carbocycles. The third-order valence-corrected chi connectivity index (χ3v) is 2.02. The van der Waals surface area contributed by atoms with Crippen LogP contribution in [0.3, 0.4) is 0 Å². The van der Waals surface area contributed by atoms with Gasteiger partial charge in [-0.25, -0.2) is 8.78 Å². The van der Waals surface area contributed by atoms with Crippen LogP contribution in [-0.4, -0.2) is 13.7 Å². The van der Waals surface area contributed by atoms with Gasteiger partial charge in [-0.15, -0.1) is 0 Å². The number of hydrogen-bond donors (Lipinski definition) is 0. The van der Waals surface area contributed by atoms with E-state index in [1.165, 1.54) is 6.07 Å². The fraction of sp³-hybridized carbons (Fsp3) is 0.455. The normalized spacial score (nSPS) is 10.9. The Balaban J connectivity index is 2.55. The fourth-order valence-electron chi connectivity index (χ4n) is 1.30. The van der Waals surface area contributed by atoms with Crippen molar-refractivity contribution in [2.24, 2.45) is 0 Å². The molecule has 0 atom stereocenters. The molecule has 14 heavy (non-hydrogen) atoms. The van der Waals surface area contributed by atoms with Gasteiger partial charge in [0.2, 0.25) is 0 Å². The summed E-state index contributed by atoms with van der Waals surface area (Å²) in [4.78, 5) is 0. The Kier molecular flexibility index (Phi) is 4.53. The molecule has 0 spiro atoms. The topological polar surface area (TPSA) is 9.23 Å². The van der Waals surface area contributed by atoms with E-state index in [0.717, 1.165) is 18.4 Å². The van der Waals surface area contributed by atoms with Gasteiger partial charge in [0.05, 0.1) is 0 Å². The molecule has 0 fully saturated rings. The molecule has 0 saturated carbocycles. The van der Waals surface area contributed by atoms with Gasteiger partial charge in [0, 0.05) is 19.3 Å². The lowest BCUT2D eigenvalue weighted by molar-refractivity contribution is 0.151. The molecule has 78 valence electrons. The van der Waals surface area contributed by atoms with Crippen LogP contribution in [0.2, 0.25) is 0 Å². The third kappa shape index (κ3) is 3.42. The highest BCUT2D eigenvalue weighted by Crippen LogP contribution is 2.19. The van der Waals surface area contributed by atoms with Crippen LogP contribution in [0.25, 0.3) is 0 Å². The van der Waals surface area contributed by atoms with E-state index in [4.69, 9.17) is 4.74 Å². The van der Waals surface area contributed by atoms with Gasteiger partial charge in [-0.1, -0.05) is 24.3 Å². The molecule has 0 aliphatic rings. The lowest BCUT2D eigenvalue weighted by Crippen LogP contribution is -1.94. The number of ether oxygens (including phenoxy) is 1. The molecule has 1 aromatic rings. The van der Waals surface area contributed by atoms with E-state index < -0.39 is 6.43 Å². The SMILES string of the molecule is COCCCc1cccc(C(F)F)c1. The lowest BCUT2D eigenvalue weighted by atomic mass is 10.1. The van der Waals surface area contributed by atoms with Gasteiger partial charge in [0.15, 0.2) is 0 Å². The minimum Gasteiger partial charge on any atom is -0.385 e. The molecular formula is C11H14F2O. The molecule has 0 N–H and O–H groups in total. The summed E-state index contributed by atoms with van der Waals surface area (Å²) in [5, 5.41) is 0. The third-order valence-electron chi connectivity index (χ3n) is 2.02. The van der Waals surface area contributed by atoms with Gasteiger partial charge in [0.1, 0.15) is 0 Å². The van der Waals surface area contributed by atoms with Gasteiger partial charge in [-0.05, 0) is 18.4 Å². The van der Waals surface area contributed by atoms with Crippen molar-refractivity contribution < 1.29 is 13.5 Å². The van der Waals surface area contributed by atoms with Gasteiger partial charge in [-0.3, -0.25) is 0 Å². The van der Waals surface area contributed by atoms with Gasteiger partial charge >= 0.3 is 0 Å². The Morgan fingerprint density at radius 3 is 2.79 bits per heavy atom. The number of hydrogen-bond acceptors (Lipinski definition) is 1. The number of rotatable bonds is 5. The number of benzene rings is 1. The molecule has 0 radical (unpaired) electrons. The Morgan fingerprint density at radius 1 is 1.36 bits per heavy atom. The van der Waals surface area contributed by atoms with Crippen molar-refractivity contribution in [3.05, 3.63) is 35.4 Å². The summed E-state index contributed by atoms with van der Waals surface area (Å²) in [6.45, 7) is 0.666. The molecule has 1 nitrogen and oxygen atoms in total. The largest absolute Gasteiger partial charge is 0.385 e. The molecule has 0 unspecified atom stereocenters. The average molecular weight is 200 g/mol. The smallest absolute Gasteiger partial charge is 0.263 e. The van der Waals surface area contributed by atoms with Gasteiger partial charge < -0.3 is 4.74 Å². The van der Waals surface area contributed by atoms with Crippen LogP contribution in [0.1, 0.15) is 24.0 Å². The number of halogens is 2. The molecule has 0 bridgehead atoms. The van der Waals surface area contributed by atoms with Crippen molar-refractivity contribution in [1.29, 1.82) is 0 Å². The Hall–Kier alpha value is -0.960. The summed E-state index contributed by atoms with van der Waals surface area (Å²) in [5.74, 6) is 0. The summed E-state index contributed by atoms with van der Waals surface area (Å²) < 4.78 is 29.5. The Labute approximate surface area is 82.7 Å². The first-order chi connectivity index (χ1) is 6.74. The second-order valence-electron chi connectivity index (χ2n) is 3.14. The molecule has 0 aliphatic heterocycles. The first kappa shape index (κ1) is 11.1. The van der Waals surface area contributed by atoms with E-state index in [0.29, 0.717) is 6.61 Å². The van der Waals surface area contributed by atoms with Crippen molar-refractivity contribution in [3.8, 4) is 0 Å². The molecule has 1 rings (SSSR count). The van der Waals surface area contributed by atoms with E-state index in [9.17, 15) is 8.78 Å². The van der Waals surface area contributed by atoms with Crippen molar-refractivity contribution in [2.75, 3.05) is 13.7 Å². The molecule has 0 aliphatic carbocycles. The number of alkyl halides is 2. The van der Waals surface area contributed by atoms with Crippen LogP contribution >= 0.6 is 0 Å². The fourth-order valence-corrected chi connectivity index (χ4v) is 1.30. The summed E-state index contributed by atoms with van der Waals surface area (Å²) in [7, 11) is 1.63. The maximum Gasteiger partial charge on any atom is 0.263 e. The Morgan fingerprint density at radius 2 is 2.14 bits per heavy atom. The van der Waals surface area contributed by atoms with Gasteiger partial charge in [0.25, 0.3) is 6.43 Å². The minimum absolute atomic E-state index is 0.0971. The van der Waals surface area contributed by atoms with E-state index in [1.54, 1.807) is 19.2 Å². The van der Waals surface area contributed by atoms with Crippen LogP contribution in [-0.2, 0) is 11.2 Å². The number of aryl methyl sites for hydroxylation is 1.